The number of carbonyl (C=O) groups is 1. The van der Waals surface area contributed by atoms with E-state index in [-0.39, 0.29) is 23.2 Å². The summed E-state index contributed by atoms with van der Waals surface area (Å²) in [4.78, 5) is 25.6. The standard InChI is InChI=1S/C11H14ClN3O4/c1-11(2,10(16)19-3)6-13-9-7(15(17)18)4-5-8(12)14-9/h4-5H,6H2,1-3H3,(H,13,14). The predicted octanol–water partition coefficient (Wildman–Crippen LogP) is 2.25. The molecule has 0 saturated carbocycles. The van der Waals surface area contributed by atoms with E-state index in [1.807, 2.05) is 0 Å². The van der Waals surface area contributed by atoms with E-state index in [1.165, 1.54) is 19.2 Å². The number of aromatic nitrogens is 1. The van der Waals surface area contributed by atoms with Gasteiger partial charge in [0.2, 0.25) is 5.82 Å². The Morgan fingerprint density at radius 1 is 1.58 bits per heavy atom. The molecule has 104 valence electrons. The first kappa shape index (κ1) is 15.2. The van der Waals surface area contributed by atoms with Gasteiger partial charge >= 0.3 is 11.7 Å². The van der Waals surface area contributed by atoms with Gasteiger partial charge in [0.05, 0.1) is 17.4 Å². The summed E-state index contributed by atoms with van der Waals surface area (Å²) >= 11 is 5.70. The Morgan fingerprint density at radius 3 is 2.74 bits per heavy atom. The number of carbonyl (C=O) groups excluding carboxylic acids is 1. The lowest BCUT2D eigenvalue weighted by molar-refractivity contribution is -0.384. The maximum absolute atomic E-state index is 11.5. The first-order valence-corrected chi connectivity index (χ1v) is 5.79. The van der Waals surface area contributed by atoms with Crippen LogP contribution in [-0.4, -0.2) is 29.5 Å². The van der Waals surface area contributed by atoms with Crippen LogP contribution in [0.1, 0.15) is 13.8 Å². The summed E-state index contributed by atoms with van der Waals surface area (Å²) in [6.07, 6.45) is 0. The minimum Gasteiger partial charge on any atom is -0.469 e. The highest BCUT2D eigenvalue weighted by Gasteiger charge is 2.29. The van der Waals surface area contributed by atoms with Gasteiger partial charge in [0.25, 0.3) is 0 Å². The summed E-state index contributed by atoms with van der Waals surface area (Å²) in [6, 6.07) is 2.58. The third-order valence-electron chi connectivity index (χ3n) is 2.47. The molecule has 0 amide bonds. The predicted molar refractivity (Wildman–Crippen MR) is 70.2 cm³/mol. The SMILES string of the molecule is COC(=O)C(C)(C)CNc1nc(Cl)ccc1[N+](=O)[O-]. The second kappa shape index (κ2) is 5.83. The molecule has 7 nitrogen and oxygen atoms in total. The first-order chi connectivity index (χ1) is 8.77. The molecule has 0 atom stereocenters. The van der Waals surface area contributed by atoms with Crippen LogP contribution in [0.25, 0.3) is 0 Å². The van der Waals surface area contributed by atoms with E-state index < -0.39 is 16.3 Å². The van der Waals surface area contributed by atoms with E-state index in [0.717, 1.165) is 0 Å². The van der Waals surface area contributed by atoms with Gasteiger partial charge in [-0.15, -0.1) is 0 Å². The lowest BCUT2D eigenvalue weighted by Crippen LogP contribution is -2.33. The van der Waals surface area contributed by atoms with Crippen molar-refractivity contribution < 1.29 is 14.5 Å². The third kappa shape index (κ3) is 3.78. The zero-order valence-electron chi connectivity index (χ0n) is 10.8. The van der Waals surface area contributed by atoms with E-state index in [2.05, 4.69) is 15.0 Å². The largest absolute Gasteiger partial charge is 0.469 e. The van der Waals surface area contributed by atoms with E-state index in [4.69, 9.17) is 11.6 Å². The second-order valence-corrected chi connectivity index (χ2v) is 4.88. The Bertz CT molecular complexity index is 505. The molecule has 0 fully saturated rings. The molecule has 19 heavy (non-hydrogen) atoms. The molecule has 0 spiro atoms. The zero-order chi connectivity index (χ0) is 14.6. The van der Waals surface area contributed by atoms with Gasteiger partial charge in [-0.25, -0.2) is 4.98 Å². The average molecular weight is 288 g/mol. The van der Waals surface area contributed by atoms with E-state index >= 15 is 0 Å². The Kier molecular flexibility index (Phi) is 4.66. The number of ether oxygens (including phenoxy) is 1. The number of esters is 1. The van der Waals surface area contributed by atoms with Gasteiger partial charge in [-0.05, 0) is 19.9 Å². The quantitative estimate of drug-likeness (QED) is 0.386. The highest BCUT2D eigenvalue weighted by Crippen LogP contribution is 2.26. The van der Waals surface area contributed by atoms with Crippen LogP contribution in [0.15, 0.2) is 12.1 Å². The number of methoxy groups -OCH3 is 1. The van der Waals surface area contributed by atoms with Crippen molar-refractivity contribution >= 4 is 29.1 Å². The van der Waals surface area contributed by atoms with Crippen LogP contribution in [0, 0.1) is 15.5 Å². The summed E-state index contributed by atoms with van der Waals surface area (Å²) < 4.78 is 4.65. The molecule has 1 aromatic heterocycles. The molecule has 0 aliphatic carbocycles. The maximum Gasteiger partial charge on any atom is 0.313 e. The lowest BCUT2D eigenvalue weighted by atomic mass is 9.94. The molecule has 0 aliphatic rings. The fourth-order valence-corrected chi connectivity index (χ4v) is 1.51. The Hall–Kier alpha value is -1.89. The normalized spacial score (nSPS) is 10.9. The molecule has 8 heteroatoms. The fraction of sp³-hybridized carbons (Fsp3) is 0.455. The highest BCUT2D eigenvalue weighted by molar-refractivity contribution is 6.29. The van der Waals surface area contributed by atoms with Gasteiger partial charge in [-0.2, -0.15) is 0 Å². The Morgan fingerprint density at radius 2 is 2.21 bits per heavy atom. The number of hydrogen-bond acceptors (Lipinski definition) is 6. The number of nitrogens with one attached hydrogen (secondary N) is 1. The molecule has 1 heterocycles. The van der Waals surface area contributed by atoms with Crippen LogP contribution in [0.5, 0.6) is 0 Å². The van der Waals surface area contributed by atoms with Crippen LogP contribution in [-0.2, 0) is 9.53 Å². The summed E-state index contributed by atoms with van der Waals surface area (Å²) in [5, 5.41) is 13.7. The minimum atomic E-state index is -0.841. The number of halogens is 1. The second-order valence-electron chi connectivity index (χ2n) is 4.49. The summed E-state index contributed by atoms with van der Waals surface area (Å²) in [5.41, 5.74) is -1.04. The van der Waals surface area contributed by atoms with Crippen molar-refractivity contribution in [3.63, 3.8) is 0 Å². The summed E-state index contributed by atoms with van der Waals surface area (Å²) in [7, 11) is 1.28. The van der Waals surface area contributed by atoms with Crippen molar-refractivity contribution in [3.8, 4) is 0 Å². The van der Waals surface area contributed by atoms with Gasteiger partial charge in [0, 0.05) is 12.6 Å². The highest BCUT2D eigenvalue weighted by atomic mass is 35.5. The number of rotatable bonds is 5. The van der Waals surface area contributed by atoms with Gasteiger partial charge in [0.1, 0.15) is 5.15 Å². The van der Waals surface area contributed by atoms with E-state index in [9.17, 15) is 14.9 Å². The molecular formula is C11H14ClN3O4. The summed E-state index contributed by atoms with van der Waals surface area (Å²) in [5.74, 6) is -0.404. The van der Waals surface area contributed by atoms with Crippen molar-refractivity contribution in [2.75, 3.05) is 19.0 Å². The van der Waals surface area contributed by atoms with Gasteiger partial charge in [0.15, 0.2) is 0 Å². The number of nitro groups is 1. The Labute approximate surface area is 115 Å². The molecule has 0 aliphatic heterocycles. The first-order valence-electron chi connectivity index (χ1n) is 5.41. The van der Waals surface area contributed by atoms with Gasteiger partial charge in [-0.3, -0.25) is 14.9 Å². The molecule has 1 aromatic rings. The minimum absolute atomic E-state index is 0.0227. The average Bonchev–Trinajstić information content (AvgIpc) is 2.35. The van der Waals surface area contributed by atoms with Crippen LogP contribution in [0.2, 0.25) is 5.15 Å². The van der Waals surface area contributed by atoms with Crippen LogP contribution < -0.4 is 5.32 Å². The van der Waals surface area contributed by atoms with Gasteiger partial charge < -0.3 is 10.1 Å². The van der Waals surface area contributed by atoms with Gasteiger partial charge in [-0.1, -0.05) is 11.6 Å². The fourth-order valence-electron chi connectivity index (χ4n) is 1.36. The van der Waals surface area contributed by atoms with E-state index in [0.29, 0.717) is 0 Å². The van der Waals surface area contributed by atoms with Crippen LogP contribution in [0.3, 0.4) is 0 Å². The maximum atomic E-state index is 11.5. The topological polar surface area (TPSA) is 94.4 Å². The number of nitrogens with zero attached hydrogens (tertiary/aromatic N) is 2. The Balaban J connectivity index is 2.91. The smallest absolute Gasteiger partial charge is 0.313 e. The number of hydrogen-bond donors (Lipinski definition) is 1. The van der Waals surface area contributed by atoms with Crippen molar-refractivity contribution in [3.05, 3.63) is 27.4 Å². The number of anilines is 1. The zero-order valence-corrected chi connectivity index (χ0v) is 11.5. The molecule has 0 saturated heterocycles. The van der Waals surface area contributed by atoms with Crippen molar-refractivity contribution in [1.82, 2.24) is 4.98 Å². The van der Waals surface area contributed by atoms with Crippen LogP contribution >= 0.6 is 11.6 Å². The molecule has 1 rings (SSSR count). The molecule has 0 radical (unpaired) electrons. The van der Waals surface area contributed by atoms with Crippen molar-refractivity contribution in [2.24, 2.45) is 5.41 Å². The van der Waals surface area contributed by atoms with E-state index in [1.54, 1.807) is 13.8 Å². The van der Waals surface area contributed by atoms with Crippen molar-refractivity contribution in [2.45, 2.75) is 13.8 Å². The van der Waals surface area contributed by atoms with Crippen LogP contribution in [0.4, 0.5) is 11.5 Å². The molecule has 0 bridgehead atoms. The lowest BCUT2D eigenvalue weighted by Gasteiger charge is -2.21. The molecule has 0 unspecified atom stereocenters. The molecule has 0 aromatic carbocycles. The third-order valence-corrected chi connectivity index (χ3v) is 2.68. The molecular weight excluding hydrogens is 274 g/mol. The monoisotopic (exact) mass is 287 g/mol. The summed E-state index contributed by atoms with van der Waals surface area (Å²) in [6.45, 7) is 3.44. The molecule has 1 N–H and O–H groups in total. The number of pyridine rings is 1. The van der Waals surface area contributed by atoms with Crippen molar-refractivity contribution in [1.29, 1.82) is 0 Å².